The van der Waals surface area contributed by atoms with Crippen LogP contribution in [0.3, 0.4) is 0 Å². The van der Waals surface area contributed by atoms with Gasteiger partial charge in [-0.25, -0.2) is 4.79 Å². The maximum Gasteiger partial charge on any atom is 0.335 e. The lowest BCUT2D eigenvalue weighted by molar-refractivity contribution is -0.126. The Bertz CT molecular complexity index is 492. The summed E-state index contributed by atoms with van der Waals surface area (Å²) in [4.78, 5) is 22.6. The lowest BCUT2D eigenvalue weighted by Crippen LogP contribution is -2.54. The monoisotopic (exact) mass is 278 g/mol. The number of nitrogens with two attached hydrogens (primary N) is 1. The number of ether oxygens (including phenoxy) is 1. The Morgan fingerprint density at radius 2 is 2.05 bits per heavy atom. The number of amides is 1. The molecule has 6 heteroatoms. The van der Waals surface area contributed by atoms with Crippen molar-refractivity contribution in [2.24, 2.45) is 5.73 Å². The molecule has 1 amide bonds. The van der Waals surface area contributed by atoms with Gasteiger partial charge in [-0.2, -0.15) is 0 Å². The summed E-state index contributed by atoms with van der Waals surface area (Å²) in [7, 11) is 0. The van der Waals surface area contributed by atoms with Crippen LogP contribution in [0, 0.1) is 0 Å². The Kier molecular flexibility index (Phi) is 4.36. The Hall–Kier alpha value is -1.92. The van der Waals surface area contributed by atoms with E-state index >= 15 is 0 Å². The van der Waals surface area contributed by atoms with E-state index in [1.165, 1.54) is 0 Å². The van der Waals surface area contributed by atoms with Gasteiger partial charge in [0.05, 0.1) is 12.2 Å². The van der Waals surface area contributed by atoms with Gasteiger partial charge < -0.3 is 20.9 Å². The quantitative estimate of drug-likeness (QED) is 0.712. The van der Waals surface area contributed by atoms with Gasteiger partial charge in [-0.1, -0.05) is 12.1 Å². The average molecular weight is 278 g/mol. The maximum absolute atomic E-state index is 11.9. The van der Waals surface area contributed by atoms with Gasteiger partial charge >= 0.3 is 5.97 Å². The van der Waals surface area contributed by atoms with Gasteiger partial charge in [0, 0.05) is 13.2 Å². The van der Waals surface area contributed by atoms with Gasteiger partial charge in [0.15, 0.2) is 0 Å². The molecule has 20 heavy (non-hydrogen) atoms. The van der Waals surface area contributed by atoms with Gasteiger partial charge in [-0.05, 0) is 30.5 Å². The molecule has 0 spiro atoms. The second-order valence-corrected chi connectivity index (χ2v) is 4.97. The van der Waals surface area contributed by atoms with Gasteiger partial charge in [0.2, 0.25) is 5.91 Å². The zero-order chi connectivity index (χ0) is 14.6. The van der Waals surface area contributed by atoms with E-state index in [1.54, 1.807) is 24.3 Å². The summed E-state index contributed by atoms with van der Waals surface area (Å²) in [5, 5.41) is 11.6. The number of aromatic carboxylic acids is 1. The molecule has 4 N–H and O–H groups in total. The summed E-state index contributed by atoms with van der Waals surface area (Å²) in [6, 6.07) is 6.59. The first-order valence-electron chi connectivity index (χ1n) is 6.48. The molecule has 0 aromatic heterocycles. The first-order chi connectivity index (χ1) is 9.51. The Balaban J connectivity index is 1.81. The van der Waals surface area contributed by atoms with Crippen LogP contribution in [0.1, 0.15) is 22.3 Å². The van der Waals surface area contributed by atoms with Crippen molar-refractivity contribution < 1.29 is 19.4 Å². The fourth-order valence-electron chi connectivity index (χ4n) is 2.07. The average Bonchev–Trinajstić information content (AvgIpc) is 2.87. The number of carboxylic acid groups (broad SMARTS) is 1. The van der Waals surface area contributed by atoms with Crippen LogP contribution < -0.4 is 11.1 Å². The number of carbonyl (C=O) groups is 2. The molecular formula is C14H18N2O4. The van der Waals surface area contributed by atoms with Crippen LogP contribution in [0.25, 0.3) is 0 Å². The zero-order valence-corrected chi connectivity index (χ0v) is 11.1. The molecule has 1 atom stereocenters. The fourth-order valence-corrected chi connectivity index (χ4v) is 2.07. The van der Waals surface area contributed by atoms with Crippen LogP contribution >= 0.6 is 0 Å². The summed E-state index contributed by atoms with van der Waals surface area (Å²) in [6.07, 6.45) is 1.16. The molecule has 1 unspecified atom stereocenters. The Morgan fingerprint density at radius 3 is 2.60 bits per heavy atom. The van der Waals surface area contributed by atoms with E-state index in [4.69, 9.17) is 15.6 Å². The number of nitrogens with one attached hydrogen (secondary N) is 1. The molecule has 1 aromatic rings. The highest BCUT2D eigenvalue weighted by molar-refractivity contribution is 5.87. The van der Waals surface area contributed by atoms with Crippen LogP contribution in [0.4, 0.5) is 0 Å². The van der Waals surface area contributed by atoms with Gasteiger partial charge in [-0.3, -0.25) is 4.79 Å². The highest BCUT2D eigenvalue weighted by Crippen LogP contribution is 2.15. The minimum atomic E-state index is -0.948. The summed E-state index contributed by atoms with van der Waals surface area (Å²) < 4.78 is 5.14. The highest BCUT2D eigenvalue weighted by Gasteiger charge is 2.37. The molecule has 1 fully saturated rings. The van der Waals surface area contributed by atoms with Gasteiger partial charge in [-0.15, -0.1) is 0 Å². The topological polar surface area (TPSA) is 102 Å². The third-order valence-corrected chi connectivity index (χ3v) is 3.40. The molecular weight excluding hydrogens is 260 g/mol. The van der Waals surface area contributed by atoms with Crippen LogP contribution in [-0.4, -0.2) is 42.3 Å². The third kappa shape index (κ3) is 3.34. The van der Waals surface area contributed by atoms with Crippen LogP contribution in [0.2, 0.25) is 0 Å². The molecule has 1 aliphatic heterocycles. The number of benzene rings is 1. The molecule has 1 saturated heterocycles. The second-order valence-electron chi connectivity index (χ2n) is 4.97. The van der Waals surface area contributed by atoms with Crippen molar-refractivity contribution >= 4 is 11.9 Å². The first-order valence-corrected chi connectivity index (χ1v) is 6.48. The number of carbonyl (C=O) groups excluding carboxylic acids is 1. The van der Waals surface area contributed by atoms with Crippen molar-refractivity contribution in [2.45, 2.75) is 18.4 Å². The second kappa shape index (κ2) is 6.02. The van der Waals surface area contributed by atoms with Crippen LogP contribution in [0.15, 0.2) is 24.3 Å². The summed E-state index contributed by atoms with van der Waals surface area (Å²) in [6.45, 7) is 1.23. The van der Waals surface area contributed by atoms with Gasteiger partial charge in [0.1, 0.15) is 5.54 Å². The third-order valence-electron chi connectivity index (χ3n) is 3.40. The predicted octanol–water partition coefficient (Wildman–Crippen LogP) is 0.161. The van der Waals surface area contributed by atoms with E-state index in [-0.39, 0.29) is 18.1 Å². The van der Waals surface area contributed by atoms with E-state index in [1.807, 2.05) is 0 Å². The van der Waals surface area contributed by atoms with Crippen molar-refractivity contribution in [3.05, 3.63) is 35.4 Å². The van der Waals surface area contributed by atoms with Crippen LogP contribution in [-0.2, 0) is 16.0 Å². The highest BCUT2D eigenvalue weighted by atomic mass is 16.5. The molecule has 1 aliphatic rings. The van der Waals surface area contributed by atoms with E-state index in [2.05, 4.69) is 5.32 Å². The van der Waals surface area contributed by atoms with Gasteiger partial charge in [0.25, 0.3) is 0 Å². The number of rotatable bonds is 5. The molecule has 2 rings (SSSR count). The summed E-state index contributed by atoms with van der Waals surface area (Å²) in [5.41, 5.74) is 6.24. The number of hydrogen-bond acceptors (Lipinski definition) is 4. The Labute approximate surface area is 116 Å². The summed E-state index contributed by atoms with van der Waals surface area (Å²) >= 11 is 0. The van der Waals surface area contributed by atoms with Crippen molar-refractivity contribution in [3.63, 3.8) is 0 Å². The van der Waals surface area contributed by atoms with E-state index < -0.39 is 11.5 Å². The molecule has 6 nitrogen and oxygen atoms in total. The van der Waals surface area contributed by atoms with Crippen molar-refractivity contribution in [3.8, 4) is 0 Å². The Morgan fingerprint density at radius 1 is 1.35 bits per heavy atom. The van der Waals surface area contributed by atoms with Crippen molar-refractivity contribution in [2.75, 3.05) is 19.8 Å². The molecule has 0 saturated carbocycles. The van der Waals surface area contributed by atoms with Crippen molar-refractivity contribution in [1.29, 1.82) is 0 Å². The molecule has 1 aromatic carbocycles. The van der Waals surface area contributed by atoms with Crippen LogP contribution in [0.5, 0.6) is 0 Å². The molecule has 1 heterocycles. The largest absolute Gasteiger partial charge is 0.478 e. The molecule has 0 aliphatic carbocycles. The number of hydrogen-bond donors (Lipinski definition) is 3. The smallest absolute Gasteiger partial charge is 0.335 e. The fraction of sp³-hybridized carbons (Fsp3) is 0.429. The summed E-state index contributed by atoms with van der Waals surface area (Å²) in [5.74, 6) is -1.15. The van der Waals surface area contributed by atoms with E-state index in [0.717, 1.165) is 5.56 Å². The van der Waals surface area contributed by atoms with Crippen molar-refractivity contribution in [1.82, 2.24) is 5.32 Å². The molecule has 0 bridgehead atoms. The standard InChI is InChI=1S/C14H18N2O4/c15-14(6-8-20-9-14)13(19)16-7-5-10-1-3-11(4-2-10)12(17)18/h1-4H,5-9,15H2,(H,16,19)(H,17,18). The molecule has 0 radical (unpaired) electrons. The maximum atomic E-state index is 11.9. The molecule has 108 valence electrons. The first kappa shape index (κ1) is 14.5. The minimum absolute atomic E-state index is 0.197. The SMILES string of the molecule is NC1(C(=O)NCCc2ccc(C(=O)O)cc2)CCOC1. The lowest BCUT2D eigenvalue weighted by atomic mass is 9.99. The van der Waals surface area contributed by atoms with E-state index in [0.29, 0.717) is 26.0 Å². The zero-order valence-electron chi connectivity index (χ0n) is 11.1. The lowest BCUT2D eigenvalue weighted by Gasteiger charge is -2.20. The normalized spacial score (nSPS) is 21.6. The number of carboxylic acids is 1. The predicted molar refractivity (Wildman–Crippen MR) is 72.5 cm³/mol. The minimum Gasteiger partial charge on any atom is -0.478 e. The van der Waals surface area contributed by atoms with E-state index in [9.17, 15) is 9.59 Å².